The molecule has 0 radical (unpaired) electrons. The smallest absolute Gasteiger partial charge is 0.273 e. The second kappa shape index (κ2) is 7.77. The van der Waals surface area contributed by atoms with Crippen molar-refractivity contribution in [3.63, 3.8) is 0 Å². The molecule has 0 fully saturated rings. The zero-order chi connectivity index (χ0) is 19.7. The summed E-state index contributed by atoms with van der Waals surface area (Å²) in [6.45, 7) is 3.64. The van der Waals surface area contributed by atoms with Crippen LogP contribution >= 0.6 is 11.3 Å². The fraction of sp³-hybridized carbons (Fsp3) is 0.333. The number of ether oxygens (including phenoxy) is 2. The summed E-state index contributed by atoms with van der Waals surface area (Å²) in [6.07, 6.45) is -0.680. The molecule has 0 aliphatic carbocycles. The Hall–Kier alpha value is -2.64. The van der Waals surface area contributed by atoms with E-state index in [1.54, 1.807) is 4.90 Å². The van der Waals surface area contributed by atoms with Gasteiger partial charge < -0.3 is 14.4 Å². The molecule has 1 N–H and O–H groups in total. The van der Waals surface area contributed by atoms with Crippen LogP contribution in [0.5, 0.6) is 11.5 Å². The van der Waals surface area contributed by atoms with Gasteiger partial charge in [-0.3, -0.25) is 9.69 Å². The van der Waals surface area contributed by atoms with Crippen molar-refractivity contribution in [1.29, 1.82) is 0 Å². The van der Waals surface area contributed by atoms with E-state index in [4.69, 9.17) is 14.5 Å². The van der Waals surface area contributed by atoms with Gasteiger partial charge >= 0.3 is 0 Å². The molecule has 146 valence electrons. The van der Waals surface area contributed by atoms with Crippen LogP contribution in [-0.2, 0) is 4.79 Å². The first-order valence-corrected chi connectivity index (χ1v) is 10.2. The summed E-state index contributed by atoms with van der Waals surface area (Å²) in [4.78, 5) is 21.1. The summed E-state index contributed by atoms with van der Waals surface area (Å²) in [5, 5.41) is 0.703. The molecule has 1 atom stereocenters. The largest absolute Gasteiger partial charge is 0.485 e. The molecule has 1 aliphatic heterocycles. The standard InChI is InChI=1S/C21H23N3O3S/c1-14-8-9-15-19(12-14)28-21(22-15)24(11-10-23(2)3)20(25)18-13-26-16-6-4-5-7-17(16)27-18/h4-9,12,18H,10-11,13H2,1-3H3/p+1/t18-/m1/s1. The minimum absolute atomic E-state index is 0.119. The molecule has 0 saturated carbocycles. The number of fused-ring (bicyclic) bond motifs is 2. The van der Waals surface area contributed by atoms with Crippen molar-refractivity contribution in [3.05, 3.63) is 48.0 Å². The molecule has 3 aromatic rings. The highest BCUT2D eigenvalue weighted by atomic mass is 32.1. The second-order valence-electron chi connectivity index (χ2n) is 7.28. The lowest BCUT2D eigenvalue weighted by Crippen LogP contribution is -3.06. The SMILES string of the molecule is Cc1ccc2nc(N(CC[NH+](C)C)C(=O)[C@H]3COc4ccccc4O3)sc2c1. The molecular formula is C21H24N3O3S+. The summed E-state index contributed by atoms with van der Waals surface area (Å²) in [5.74, 6) is 1.16. The third-order valence-electron chi connectivity index (χ3n) is 4.65. The molecule has 28 heavy (non-hydrogen) atoms. The third-order valence-corrected chi connectivity index (χ3v) is 5.69. The van der Waals surface area contributed by atoms with Crippen molar-refractivity contribution < 1.29 is 19.2 Å². The van der Waals surface area contributed by atoms with Gasteiger partial charge in [0.25, 0.3) is 5.91 Å². The Morgan fingerprint density at radius 1 is 1.25 bits per heavy atom. The van der Waals surface area contributed by atoms with E-state index in [0.717, 1.165) is 16.8 Å². The minimum Gasteiger partial charge on any atom is -0.485 e. The molecule has 1 aromatic heterocycles. The first-order chi connectivity index (χ1) is 13.5. The zero-order valence-electron chi connectivity index (χ0n) is 16.3. The Bertz CT molecular complexity index is 1000. The lowest BCUT2D eigenvalue weighted by Gasteiger charge is -2.29. The average molecular weight is 399 g/mol. The molecule has 2 aromatic carbocycles. The monoisotopic (exact) mass is 398 g/mol. The molecule has 2 heterocycles. The lowest BCUT2D eigenvalue weighted by molar-refractivity contribution is -0.856. The first kappa shape index (κ1) is 18.7. The number of aromatic nitrogens is 1. The number of anilines is 1. The van der Waals surface area contributed by atoms with Crippen molar-refractivity contribution in [3.8, 4) is 11.5 Å². The van der Waals surface area contributed by atoms with Crippen molar-refractivity contribution in [2.75, 3.05) is 38.7 Å². The van der Waals surface area contributed by atoms with Crippen LogP contribution in [0.3, 0.4) is 0 Å². The van der Waals surface area contributed by atoms with E-state index < -0.39 is 6.10 Å². The normalized spacial score (nSPS) is 15.8. The average Bonchev–Trinajstić information content (AvgIpc) is 3.10. The third kappa shape index (κ3) is 3.81. The molecule has 0 spiro atoms. The molecule has 0 bridgehead atoms. The number of likely N-dealkylation sites (N-methyl/N-ethyl adjacent to an activating group) is 1. The highest BCUT2D eigenvalue weighted by Gasteiger charge is 2.33. The highest BCUT2D eigenvalue weighted by molar-refractivity contribution is 7.22. The number of benzene rings is 2. The molecule has 0 saturated heterocycles. The first-order valence-electron chi connectivity index (χ1n) is 9.37. The van der Waals surface area contributed by atoms with Crippen LogP contribution in [-0.4, -0.2) is 50.8 Å². The Kier molecular flexibility index (Phi) is 5.19. The maximum atomic E-state index is 13.3. The van der Waals surface area contributed by atoms with E-state index in [-0.39, 0.29) is 12.5 Å². The van der Waals surface area contributed by atoms with E-state index in [1.807, 2.05) is 36.4 Å². The topological polar surface area (TPSA) is 56.1 Å². The second-order valence-corrected chi connectivity index (χ2v) is 8.29. The van der Waals surface area contributed by atoms with Crippen LogP contribution in [0.25, 0.3) is 10.2 Å². The van der Waals surface area contributed by atoms with Crippen molar-refractivity contribution >= 4 is 32.6 Å². The van der Waals surface area contributed by atoms with Gasteiger partial charge in [-0.15, -0.1) is 0 Å². The maximum absolute atomic E-state index is 13.3. The number of quaternary nitrogens is 1. The summed E-state index contributed by atoms with van der Waals surface area (Å²) < 4.78 is 12.8. The van der Waals surface area contributed by atoms with E-state index in [2.05, 4.69) is 27.1 Å². The number of rotatable bonds is 5. The van der Waals surface area contributed by atoms with Gasteiger partial charge in [-0.1, -0.05) is 29.5 Å². The number of carbonyl (C=O) groups excluding carboxylic acids is 1. The van der Waals surface area contributed by atoms with E-state index in [1.165, 1.54) is 21.8 Å². The van der Waals surface area contributed by atoms with Gasteiger partial charge in [0, 0.05) is 0 Å². The molecular weight excluding hydrogens is 374 g/mol. The van der Waals surface area contributed by atoms with Gasteiger partial charge in [-0.05, 0) is 36.8 Å². The van der Waals surface area contributed by atoms with Gasteiger partial charge in [-0.2, -0.15) is 0 Å². The van der Waals surface area contributed by atoms with Crippen molar-refractivity contribution in [2.24, 2.45) is 0 Å². The summed E-state index contributed by atoms with van der Waals surface area (Å²) in [5.41, 5.74) is 2.09. The molecule has 4 rings (SSSR count). The van der Waals surface area contributed by atoms with Gasteiger partial charge in [0.1, 0.15) is 6.61 Å². The van der Waals surface area contributed by atoms with Crippen LogP contribution in [0.1, 0.15) is 5.56 Å². The van der Waals surface area contributed by atoms with Gasteiger partial charge in [0.15, 0.2) is 16.6 Å². The number of nitrogens with one attached hydrogen (secondary N) is 1. The summed E-state index contributed by atoms with van der Waals surface area (Å²) in [7, 11) is 4.14. The number of para-hydroxylation sites is 2. The fourth-order valence-corrected chi connectivity index (χ4v) is 4.18. The fourth-order valence-electron chi connectivity index (χ4n) is 3.09. The summed E-state index contributed by atoms with van der Waals surface area (Å²) >= 11 is 1.54. The van der Waals surface area contributed by atoms with E-state index in [9.17, 15) is 4.79 Å². The van der Waals surface area contributed by atoms with Crippen molar-refractivity contribution in [1.82, 2.24) is 4.98 Å². The van der Waals surface area contributed by atoms with Gasteiger partial charge in [0.05, 0.1) is 37.4 Å². The molecule has 1 aliphatic rings. The lowest BCUT2D eigenvalue weighted by atomic mass is 10.2. The van der Waals surface area contributed by atoms with E-state index in [0.29, 0.717) is 23.2 Å². The van der Waals surface area contributed by atoms with Gasteiger partial charge in [0.2, 0.25) is 6.10 Å². The predicted octanol–water partition coefficient (Wildman–Crippen LogP) is 1.92. The number of hydrogen-bond acceptors (Lipinski definition) is 5. The number of carbonyl (C=O) groups is 1. The Morgan fingerprint density at radius 2 is 2.04 bits per heavy atom. The minimum atomic E-state index is -0.680. The van der Waals surface area contributed by atoms with Crippen LogP contribution in [0.4, 0.5) is 5.13 Å². The molecule has 6 nitrogen and oxygen atoms in total. The van der Waals surface area contributed by atoms with Gasteiger partial charge in [-0.25, -0.2) is 4.98 Å². The summed E-state index contributed by atoms with van der Waals surface area (Å²) in [6, 6.07) is 13.6. The quantitative estimate of drug-likeness (QED) is 0.714. The Labute approximate surface area is 168 Å². The van der Waals surface area contributed by atoms with E-state index >= 15 is 0 Å². The predicted molar refractivity (Wildman–Crippen MR) is 111 cm³/mol. The Morgan fingerprint density at radius 3 is 2.82 bits per heavy atom. The van der Waals surface area contributed by atoms with Crippen LogP contribution < -0.4 is 19.3 Å². The number of hydrogen-bond donors (Lipinski definition) is 1. The van der Waals surface area contributed by atoms with Crippen molar-refractivity contribution in [2.45, 2.75) is 13.0 Å². The zero-order valence-corrected chi connectivity index (χ0v) is 17.1. The molecule has 0 unspecified atom stereocenters. The van der Waals surface area contributed by atoms with Crippen LogP contribution in [0.15, 0.2) is 42.5 Å². The molecule has 7 heteroatoms. The Balaban J connectivity index is 1.62. The van der Waals surface area contributed by atoms with Crippen LogP contribution in [0.2, 0.25) is 0 Å². The number of aryl methyl sites for hydroxylation is 1. The molecule has 1 amide bonds. The highest BCUT2D eigenvalue weighted by Crippen LogP contribution is 2.33. The maximum Gasteiger partial charge on any atom is 0.273 e. The number of amides is 1. The van der Waals surface area contributed by atoms with Crippen LogP contribution in [0, 0.1) is 6.92 Å². The number of nitrogens with zero attached hydrogens (tertiary/aromatic N) is 2. The number of thiazole rings is 1.